The minimum absolute atomic E-state index is 0.0538. The molecule has 0 aliphatic carbocycles. The largest absolute Gasteiger partial charge is 0.454 e. The zero-order valence-corrected chi connectivity index (χ0v) is 19.0. The number of fused-ring (bicyclic) bond motifs is 4. The Balaban J connectivity index is 1.27. The van der Waals surface area contributed by atoms with E-state index in [4.69, 9.17) is 14.5 Å². The van der Waals surface area contributed by atoms with E-state index in [0.29, 0.717) is 11.7 Å². The van der Waals surface area contributed by atoms with Crippen molar-refractivity contribution in [1.82, 2.24) is 14.9 Å². The summed E-state index contributed by atoms with van der Waals surface area (Å²) in [5.74, 6) is 1.84. The molecule has 1 aromatic heterocycles. The van der Waals surface area contributed by atoms with Crippen LogP contribution in [0.5, 0.6) is 11.5 Å². The lowest BCUT2D eigenvalue weighted by Crippen LogP contribution is -2.20. The van der Waals surface area contributed by atoms with Gasteiger partial charge < -0.3 is 25.0 Å². The maximum atomic E-state index is 12.5. The Morgan fingerprint density at radius 3 is 2.85 bits per heavy atom. The number of carbonyl (C=O) groups excluding carboxylic acids is 1. The first kappa shape index (κ1) is 20.9. The molecule has 34 heavy (non-hydrogen) atoms. The maximum Gasteiger partial charge on any atom is 0.231 e. The first-order chi connectivity index (χ1) is 16.7. The normalized spacial score (nSPS) is 16.5. The number of likely N-dealkylation sites (tertiary alicyclic amines) is 1. The summed E-state index contributed by atoms with van der Waals surface area (Å²) in [6, 6.07) is 11.9. The molecule has 1 saturated heterocycles. The minimum Gasteiger partial charge on any atom is -0.454 e. The van der Waals surface area contributed by atoms with Crippen LogP contribution in [-0.2, 0) is 17.6 Å². The number of amides is 1. The van der Waals surface area contributed by atoms with E-state index in [1.807, 2.05) is 24.3 Å². The smallest absolute Gasteiger partial charge is 0.231 e. The molecule has 0 atom stereocenters. The van der Waals surface area contributed by atoms with Crippen LogP contribution in [0, 0.1) is 0 Å². The van der Waals surface area contributed by atoms with Crippen molar-refractivity contribution in [2.24, 2.45) is 0 Å². The molecular formula is C26H27N5O3. The SMILES string of the molecule is O=C1Cc2cnc(Nc3ccc4c(c3)OCO4)nc2-c2cc(CCCN3CCCC3)ccc2N1. The summed E-state index contributed by atoms with van der Waals surface area (Å²) in [7, 11) is 0. The Morgan fingerprint density at radius 2 is 1.94 bits per heavy atom. The van der Waals surface area contributed by atoms with E-state index in [2.05, 4.69) is 32.7 Å². The van der Waals surface area contributed by atoms with E-state index in [9.17, 15) is 4.79 Å². The van der Waals surface area contributed by atoms with Gasteiger partial charge in [0.1, 0.15) is 0 Å². The van der Waals surface area contributed by atoms with E-state index >= 15 is 0 Å². The number of hydrogen-bond donors (Lipinski definition) is 2. The second-order valence-corrected chi connectivity index (χ2v) is 9.02. The molecule has 174 valence electrons. The van der Waals surface area contributed by atoms with Gasteiger partial charge in [-0.25, -0.2) is 9.97 Å². The number of benzene rings is 2. The lowest BCUT2D eigenvalue weighted by Gasteiger charge is -2.15. The zero-order chi connectivity index (χ0) is 22.9. The molecule has 0 unspecified atom stereocenters. The van der Waals surface area contributed by atoms with Gasteiger partial charge in [-0.3, -0.25) is 4.79 Å². The van der Waals surface area contributed by atoms with Crippen molar-refractivity contribution >= 4 is 23.2 Å². The number of aromatic nitrogens is 2. The van der Waals surface area contributed by atoms with Crippen molar-refractivity contribution < 1.29 is 14.3 Å². The maximum absolute atomic E-state index is 12.5. The fourth-order valence-electron chi connectivity index (χ4n) is 4.87. The number of hydrogen-bond acceptors (Lipinski definition) is 7. The highest BCUT2D eigenvalue weighted by atomic mass is 16.7. The Hall–Kier alpha value is -3.65. The third-order valence-electron chi connectivity index (χ3n) is 6.60. The van der Waals surface area contributed by atoms with Gasteiger partial charge in [0.2, 0.25) is 18.6 Å². The summed E-state index contributed by atoms with van der Waals surface area (Å²) in [5.41, 5.74) is 5.40. The number of nitrogens with one attached hydrogen (secondary N) is 2. The van der Waals surface area contributed by atoms with Crippen molar-refractivity contribution in [1.29, 1.82) is 0 Å². The Labute approximate surface area is 198 Å². The predicted molar refractivity (Wildman–Crippen MR) is 130 cm³/mol. The summed E-state index contributed by atoms with van der Waals surface area (Å²) in [4.78, 5) is 24.3. The van der Waals surface area contributed by atoms with Gasteiger partial charge in [0.25, 0.3) is 0 Å². The van der Waals surface area contributed by atoms with E-state index in [1.54, 1.807) is 6.20 Å². The molecule has 4 heterocycles. The molecule has 2 N–H and O–H groups in total. The molecule has 3 aliphatic rings. The van der Waals surface area contributed by atoms with Gasteiger partial charge in [0.15, 0.2) is 11.5 Å². The van der Waals surface area contributed by atoms with E-state index in [1.165, 1.54) is 31.5 Å². The van der Waals surface area contributed by atoms with Gasteiger partial charge in [0, 0.05) is 29.1 Å². The molecule has 1 fully saturated rings. The second kappa shape index (κ2) is 8.95. The van der Waals surface area contributed by atoms with Crippen LogP contribution in [0.25, 0.3) is 11.3 Å². The van der Waals surface area contributed by atoms with E-state index in [0.717, 1.165) is 53.3 Å². The molecule has 6 rings (SSSR count). The topological polar surface area (TPSA) is 88.6 Å². The summed E-state index contributed by atoms with van der Waals surface area (Å²) < 4.78 is 10.9. The van der Waals surface area contributed by atoms with Gasteiger partial charge in [0.05, 0.1) is 17.8 Å². The van der Waals surface area contributed by atoms with Crippen molar-refractivity contribution in [2.45, 2.75) is 32.1 Å². The highest BCUT2D eigenvalue weighted by molar-refractivity contribution is 6.00. The van der Waals surface area contributed by atoms with Crippen LogP contribution >= 0.6 is 0 Å². The number of anilines is 3. The molecule has 3 aromatic rings. The van der Waals surface area contributed by atoms with Crippen LogP contribution in [-0.4, -0.2) is 47.2 Å². The molecule has 3 aliphatic heterocycles. The highest BCUT2D eigenvalue weighted by Gasteiger charge is 2.22. The summed E-state index contributed by atoms with van der Waals surface area (Å²) >= 11 is 0. The molecule has 2 aromatic carbocycles. The predicted octanol–water partition coefficient (Wildman–Crippen LogP) is 4.14. The van der Waals surface area contributed by atoms with Crippen molar-refractivity contribution in [3.63, 3.8) is 0 Å². The summed E-state index contributed by atoms with van der Waals surface area (Å²) in [6.07, 6.45) is 6.75. The third-order valence-corrected chi connectivity index (χ3v) is 6.60. The Kier molecular flexibility index (Phi) is 5.50. The first-order valence-electron chi connectivity index (χ1n) is 11.9. The van der Waals surface area contributed by atoms with Crippen LogP contribution in [0.3, 0.4) is 0 Å². The van der Waals surface area contributed by atoms with Crippen LogP contribution in [0.15, 0.2) is 42.6 Å². The molecule has 8 nitrogen and oxygen atoms in total. The molecule has 0 bridgehead atoms. The van der Waals surface area contributed by atoms with Crippen molar-refractivity contribution in [2.75, 3.05) is 37.1 Å². The molecular weight excluding hydrogens is 430 g/mol. The van der Waals surface area contributed by atoms with Gasteiger partial charge >= 0.3 is 0 Å². The lowest BCUT2D eigenvalue weighted by atomic mass is 10.00. The van der Waals surface area contributed by atoms with Gasteiger partial charge in [-0.1, -0.05) is 6.07 Å². The summed E-state index contributed by atoms with van der Waals surface area (Å²) in [6.45, 7) is 3.81. The van der Waals surface area contributed by atoms with Crippen molar-refractivity contribution in [3.05, 3.63) is 53.7 Å². The quantitative estimate of drug-likeness (QED) is 0.575. The average Bonchev–Trinajstić information content (AvgIpc) is 3.50. The highest BCUT2D eigenvalue weighted by Crippen LogP contribution is 2.36. The Bertz CT molecular complexity index is 1240. The monoisotopic (exact) mass is 457 g/mol. The van der Waals surface area contributed by atoms with Gasteiger partial charge in [-0.2, -0.15) is 0 Å². The van der Waals surface area contributed by atoms with Gasteiger partial charge in [-0.15, -0.1) is 0 Å². The fourth-order valence-corrected chi connectivity index (χ4v) is 4.87. The third kappa shape index (κ3) is 4.28. The number of aryl methyl sites for hydroxylation is 1. The van der Waals surface area contributed by atoms with Crippen LogP contribution in [0.4, 0.5) is 17.3 Å². The minimum atomic E-state index is -0.0538. The molecule has 0 saturated carbocycles. The van der Waals surface area contributed by atoms with Crippen molar-refractivity contribution in [3.8, 4) is 22.8 Å². The fraction of sp³-hybridized carbons (Fsp3) is 0.346. The second-order valence-electron chi connectivity index (χ2n) is 9.02. The zero-order valence-electron chi connectivity index (χ0n) is 19.0. The number of carbonyl (C=O) groups is 1. The lowest BCUT2D eigenvalue weighted by molar-refractivity contribution is -0.115. The van der Waals surface area contributed by atoms with Crippen LogP contribution in [0.2, 0.25) is 0 Å². The molecule has 0 radical (unpaired) electrons. The van der Waals surface area contributed by atoms with E-state index < -0.39 is 0 Å². The van der Waals surface area contributed by atoms with Gasteiger partial charge in [-0.05, 0) is 75.1 Å². The number of ether oxygens (including phenoxy) is 2. The first-order valence-corrected chi connectivity index (χ1v) is 11.9. The number of rotatable bonds is 6. The standard InChI is InChI=1S/C26H27N5O3/c32-24-13-18-15-27-26(28-19-6-8-22-23(14-19)34-16-33-22)30-25(18)20-12-17(5-7-21(20)29-24)4-3-11-31-9-1-2-10-31/h5-8,12,14-15H,1-4,9-11,13,16H2,(H,29,32)(H,27,28,30). The summed E-state index contributed by atoms with van der Waals surface area (Å²) in [5, 5.41) is 6.29. The molecule has 0 spiro atoms. The Morgan fingerprint density at radius 1 is 1.06 bits per heavy atom. The molecule has 8 heteroatoms. The average molecular weight is 458 g/mol. The van der Waals surface area contributed by atoms with Crippen LogP contribution in [0.1, 0.15) is 30.4 Å². The van der Waals surface area contributed by atoms with E-state index in [-0.39, 0.29) is 19.1 Å². The van der Waals surface area contributed by atoms with Crippen LogP contribution < -0.4 is 20.1 Å². The number of nitrogens with zero attached hydrogens (tertiary/aromatic N) is 3. The molecule has 1 amide bonds.